The zero-order valence-electron chi connectivity index (χ0n) is 20.1. The van der Waals surface area contributed by atoms with Crippen LogP contribution >= 0.6 is 0 Å². The van der Waals surface area contributed by atoms with E-state index in [1.54, 1.807) is 0 Å². The fourth-order valence-electron chi connectivity index (χ4n) is 10.3. The molecule has 4 heteroatoms. The van der Waals surface area contributed by atoms with Crippen molar-refractivity contribution in [2.75, 3.05) is 6.61 Å². The van der Waals surface area contributed by atoms with Gasteiger partial charge in [0.25, 0.3) is 0 Å². The van der Waals surface area contributed by atoms with Gasteiger partial charge in [0.1, 0.15) is 0 Å². The predicted octanol–water partition coefficient (Wildman–Crippen LogP) is 4.76. The summed E-state index contributed by atoms with van der Waals surface area (Å²) in [6.45, 7) is 10.6. The highest BCUT2D eigenvalue weighted by atomic mass is 16.7. The molecule has 2 heterocycles. The molecule has 4 aliphatic carbocycles. The Morgan fingerprint density at radius 1 is 0.839 bits per heavy atom. The topological polar surface area (TPSA) is 58.9 Å². The molecule has 176 valence electrons. The van der Waals surface area contributed by atoms with Crippen molar-refractivity contribution >= 4 is 0 Å². The van der Waals surface area contributed by atoms with E-state index in [0.29, 0.717) is 41.1 Å². The Kier molecular flexibility index (Phi) is 4.78. The molecule has 4 saturated carbocycles. The third kappa shape index (κ3) is 2.80. The second kappa shape index (κ2) is 6.93. The van der Waals surface area contributed by atoms with Gasteiger partial charge in [-0.15, -0.1) is 0 Å². The lowest BCUT2D eigenvalue weighted by atomic mass is 9.44. The van der Waals surface area contributed by atoms with Crippen LogP contribution in [0.4, 0.5) is 0 Å². The first-order valence-corrected chi connectivity index (χ1v) is 13.4. The van der Waals surface area contributed by atoms with E-state index in [2.05, 4.69) is 27.7 Å². The van der Waals surface area contributed by atoms with E-state index in [-0.39, 0.29) is 11.2 Å². The summed E-state index contributed by atoms with van der Waals surface area (Å²) in [6.07, 6.45) is 9.51. The van der Waals surface area contributed by atoms with Crippen LogP contribution in [0.15, 0.2) is 0 Å². The van der Waals surface area contributed by atoms with Gasteiger partial charge in [-0.05, 0) is 97.7 Å². The number of aliphatic hydroxyl groups excluding tert-OH is 2. The maximum atomic E-state index is 10.6. The standard InChI is InChI=1S/C27H44O4/c1-15-7-10-27(30-14-15)16(2)24-23(31-27)12-20-18-6-5-17-11-21(28)22(29)13-26(17,4)19(18)8-9-25(20,24)3/h15-24,28-29H,5-14H2,1-4H3/t15?,16-,17-,18+,19-,20-,21-,22+,23-,24-,25-,26-,27+/m0/s1. The van der Waals surface area contributed by atoms with Gasteiger partial charge in [0.05, 0.1) is 24.9 Å². The largest absolute Gasteiger partial charge is 0.390 e. The monoisotopic (exact) mass is 432 g/mol. The van der Waals surface area contributed by atoms with E-state index in [1.807, 2.05) is 0 Å². The smallest absolute Gasteiger partial charge is 0.171 e. The second-order valence-corrected chi connectivity index (χ2v) is 13.2. The molecule has 2 saturated heterocycles. The van der Waals surface area contributed by atoms with E-state index in [4.69, 9.17) is 9.47 Å². The SMILES string of the molecule is CC1CC[C@@]2(OC1)O[C@H]1C[C@H]3[C@@H]4CC[C@H]5C[C@H](O)[C@H](O)C[C@]5(C)[C@H]4CC[C@]3(C)[C@H]1[C@@H]2C. The fourth-order valence-corrected chi connectivity index (χ4v) is 10.3. The minimum atomic E-state index is -0.537. The first-order chi connectivity index (χ1) is 14.7. The second-order valence-electron chi connectivity index (χ2n) is 13.2. The van der Waals surface area contributed by atoms with Crippen molar-refractivity contribution in [2.24, 2.45) is 52.3 Å². The molecule has 6 aliphatic rings. The lowest BCUT2D eigenvalue weighted by Gasteiger charge is -2.61. The van der Waals surface area contributed by atoms with Crippen molar-refractivity contribution < 1.29 is 19.7 Å². The fraction of sp³-hybridized carbons (Fsp3) is 1.00. The van der Waals surface area contributed by atoms with Crippen molar-refractivity contribution in [1.82, 2.24) is 0 Å². The number of hydrogen-bond donors (Lipinski definition) is 2. The van der Waals surface area contributed by atoms with Gasteiger partial charge in [0, 0.05) is 12.3 Å². The Balaban J connectivity index is 1.26. The third-order valence-corrected chi connectivity index (χ3v) is 12.0. The summed E-state index contributed by atoms with van der Waals surface area (Å²) in [5.41, 5.74) is 0.550. The Morgan fingerprint density at radius 2 is 1.65 bits per heavy atom. The molecule has 13 atom stereocenters. The summed E-state index contributed by atoms with van der Waals surface area (Å²) in [5, 5.41) is 20.9. The van der Waals surface area contributed by atoms with Crippen LogP contribution in [0, 0.1) is 52.3 Å². The summed E-state index contributed by atoms with van der Waals surface area (Å²) in [7, 11) is 0. The molecule has 1 unspecified atom stereocenters. The van der Waals surface area contributed by atoms with Gasteiger partial charge in [-0.25, -0.2) is 0 Å². The highest BCUT2D eigenvalue weighted by Crippen LogP contribution is 2.71. The summed E-state index contributed by atoms with van der Waals surface area (Å²) in [5.74, 6) is 4.21. The van der Waals surface area contributed by atoms with Gasteiger partial charge < -0.3 is 19.7 Å². The average molecular weight is 433 g/mol. The lowest BCUT2D eigenvalue weighted by molar-refractivity contribution is -0.273. The average Bonchev–Trinajstić information content (AvgIpc) is 3.16. The summed E-state index contributed by atoms with van der Waals surface area (Å²) in [6, 6.07) is 0. The van der Waals surface area contributed by atoms with Crippen LogP contribution in [0.2, 0.25) is 0 Å². The lowest BCUT2D eigenvalue weighted by Crippen LogP contribution is -2.57. The van der Waals surface area contributed by atoms with E-state index in [1.165, 1.54) is 38.5 Å². The molecular weight excluding hydrogens is 388 g/mol. The number of aliphatic hydroxyl groups is 2. The first-order valence-electron chi connectivity index (χ1n) is 13.4. The van der Waals surface area contributed by atoms with Crippen LogP contribution in [-0.2, 0) is 9.47 Å². The molecule has 2 N–H and O–H groups in total. The van der Waals surface area contributed by atoms with Crippen molar-refractivity contribution in [2.45, 2.75) is 110 Å². The Labute approximate surface area is 188 Å². The van der Waals surface area contributed by atoms with Crippen LogP contribution < -0.4 is 0 Å². The number of rotatable bonds is 0. The molecule has 0 aromatic heterocycles. The van der Waals surface area contributed by atoms with Crippen molar-refractivity contribution in [3.05, 3.63) is 0 Å². The Hall–Kier alpha value is -0.160. The van der Waals surface area contributed by atoms with E-state index in [9.17, 15) is 10.2 Å². The van der Waals surface area contributed by atoms with Crippen molar-refractivity contribution in [1.29, 1.82) is 0 Å². The zero-order chi connectivity index (χ0) is 21.8. The van der Waals surface area contributed by atoms with Crippen LogP contribution in [0.25, 0.3) is 0 Å². The summed E-state index contributed by atoms with van der Waals surface area (Å²) in [4.78, 5) is 0. The van der Waals surface area contributed by atoms with Gasteiger partial charge in [0.15, 0.2) is 5.79 Å². The molecule has 31 heavy (non-hydrogen) atoms. The molecule has 0 aromatic rings. The molecule has 2 aliphatic heterocycles. The van der Waals surface area contributed by atoms with Crippen LogP contribution in [-0.4, -0.2) is 40.9 Å². The van der Waals surface area contributed by atoms with Crippen LogP contribution in [0.3, 0.4) is 0 Å². The highest BCUT2D eigenvalue weighted by molar-refractivity contribution is 5.15. The van der Waals surface area contributed by atoms with E-state index >= 15 is 0 Å². The van der Waals surface area contributed by atoms with Crippen molar-refractivity contribution in [3.63, 3.8) is 0 Å². The minimum absolute atomic E-state index is 0.191. The number of ether oxygens (including phenoxy) is 2. The molecule has 0 radical (unpaired) electrons. The highest BCUT2D eigenvalue weighted by Gasteiger charge is 2.69. The Morgan fingerprint density at radius 3 is 2.39 bits per heavy atom. The molecule has 4 nitrogen and oxygen atoms in total. The maximum absolute atomic E-state index is 10.6. The van der Waals surface area contributed by atoms with Crippen LogP contribution in [0.5, 0.6) is 0 Å². The molecule has 0 aromatic carbocycles. The van der Waals surface area contributed by atoms with E-state index in [0.717, 1.165) is 37.7 Å². The minimum Gasteiger partial charge on any atom is -0.390 e. The summed E-state index contributed by atoms with van der Waals surface area (Å²) < 4.78 is 13.3. The van der Waals surface area contributed by atoms with Gasteiger partial charge >= 0.3 is 0 Å². The normalized spacial score (nSPS) is 63.3. The Bertz CT molecular complexity index is 716. The molecule has 1 spiro atoms. The van der Waals surface area contributed by atoms with Crippen LogP contribution in [0.1, 0.15) is 85.5 Å². The molecule has 0 bridgehead atoms. The molecule has 0 amide bonds. The predicted molar refractivity (Wildman–Crippen MR) is 119 cm³/mol. The van der Waals surface area contributed by atoms with Gasteiger partial charge in [-0.1, -0.05) is 27.7 Å². The van der Waals surface area contributed by atoms with Gasteiger partial charge in [-0.3, -0.25) is 0 Å². The third-order valence-electron chi connectivity index (χ3n) is 12.0. The molecular formula is C27H44O4. The van der Waals surface area contributed by atoms with Crippen molar-refractivity contribution in [3.8, 4) is 0 Å². The number of hydrogen-bond acceptors (Lipinski definition) is 4. The maximum Gasteiger partial charge on any atom is 0.171 e. The molecule has 6 rings (SSSR count). The van der Waals surface area contributed by atoms with E-state index < -0.39 is 12.2 Å². The molecule has 6 fully saturated rings. The van der Waals surface area contributed by atoms with Gasteiger partial charge in [-0.2, -0.15) is 0 Å². The number of fused-ring (bicyclic) bond motifs is 7. The first kappa shape index (κ1) is 21.4. The zero-order valence-corrected chi connectivity index (χ0v) is 20.1. The summed E-state index contributed by atoms with van der Waals surface area (Å²) >= 11 is 0. The van der Waals surface area contributed by atoms with Gasteiger partial charge in [0.2, 0.25) is 0 Å². The quantitative estimate of drug-likeness (QED) is 0.579.